The molecule has 5 atom stereocenters. The topological polar surface area (TPSA) is 70.0 Å². The Morgan fingerprint density at radius 1 is 1.28 bits per heavy atom. The van der Waals surface area contributed by atoms with Gasteiger partial charge in [-0.2, -0.15) is 0 Å². The summed E-state index contributed by atoms with van der Waals surface area (Å²) in [6.07, 6.45) is 1.07. The number of likely N-dealkylation sites (N-methyl/N-ethyl adjacent to an activating group) is 1. The molecule has 1 saturated carbocycles. The number of piperidine rings is 1. The number of benzene rings is 1. The fourth-order valence-corrected chi connectivity index (χ4v) is 5.61. The highest BCUT2D eigenvalue weighted by atomic mass is 16.5. The Morgan fingerprint density at radius 2 is 2.00 bits per heavy atom. The van der Waals surface area contributed by atoms with Crippen molar-refractivity contribution in [3.8, 4) is 11.5 Å². The maximum Gasteiger partial charge on any atom is 0.165 e. The van der Waals surface area contributed by atoms with Crippen LogP contribution in [0.15, 0.2) is 12.1 Å². The van der Waals surface area contributed by atoms with Crippen molar-refractivity contribution in [2.24, 2.45) is 5.92 Å². The van der Waals surface area contributed by atoms with Gasteiger partial charge in [0.15, 0.2) is 11.5 Å². The molecule has 2 fully saturated rings. The van der Waals surface area contributed by atoms with E-state index in [1.165, 1.54) is 0 Å². The molecule has 1 aromatic carbocycles. The van der Waals surface area contributed by atoms with E-state index in [0.717, 1.165) is 17.7 Å². The number of ether oxygens (including phenoxy) is 1. The number of aryl methyl sites for hydroxylation is 1. The number of aromatic hydroxyl groups is 1. The normalized spacial score (nSPS) is 40.7. The summed E-state index contributed by atoms with van der Waals surface area (Å²) in [5.74, 6) is 0.376. The SMILES string of the molecule is Cc1ccc(O)c2c1[C@]13CCN(C)[C@H](C)[C@]1(O)CCC(=O)[C@@H](C)[C@@H]3O2. The minimum absolute atomic E-state index is 0.0941. The van der Waals surface area contributed by atoms with Gasteiger partial charge >= 0.3 is 0 Å². The van der Waals surface area contributed by atoms with Crippen LogP contribution >= 0.6 is 0 Å². The number of ketones is 1. The number of phenols is 1. The summed E-state index contributed by atoms with van der Waals surface area (Å²) in [5, 5.41) is 22.4. The standard InChI is InChI=1S/C20H27NO4/c1-11-5-6-15(23)17-16(11)19-9-10-21(4)13(3)20(19,24)8-7-14(22)12(2)18(19)25-17/h5-6,12-13,18,23-24H,7-10H2,1-4H3/t12-,13-,18+,19+,20-/m1/s1. The lowest BCUT2D eigenvalue weighted by atomic mass is 9.56. The molecule has 0 aromatic heterocycles. The van der Waals surface area contributed by atoms with E-state index >= 15 is 0 Å². The molecule has 2 heterocycles. The van der Waals surface area contributed by atoms with Crippen LogP contribution in [0.25, 0.3) is 0 Å². The van der Waals surface area contributed by atoms with E-state index in [0.29, 0.717) is 25.0 Å². The number of Topliss-reactive ketones (excluding diaryl/α,β-unsaturated/α-hetero) is 1. The third-order valence-electron chi connectivity index (χ3n) is 7.22. The molecule has 1 saturated heterocycles. The Kier molecular flexibility index (Phi) is 3.51. The summed E-state index contributed by atoms with van der Waals surface area (Å²) in [6, 6.07) is 3.42. The molecular formula is C20H27NO4. The van der Waals surface area contributed by atoms with Gasteiger partial charge in [-0.25, -0.2) is 0 Å². The van der Waals surface area contributed by atoms with Crippen LogP contribution in [0, 0.1) is 12.8 Å². The van der Waals surface area contributed by atoms with E-state index in [2.05, 4.69) is 4.90 Å². The zero-order chi connectivity index (χ0) is 18.1. The average Bonchev–Trinajstić information content (AvgIpc) is 2.91. The van der Waals surface area contributed by atoms with E-state index in [1.54, 1.807) is 6.07 Å². The van der Waals surface area contributed by atoms with Crippen molar-refractivity contribution in [3.63, 3.8) is 0 Å². The van der Waals surface area contributed by atoms with Crippen molar-refractivity contribution in [3.05, 3.63) is 23.3 Å². The lowest BCUT2D eigenvalue weighted by Gasteiger charge is -2.56. The number of hydrogen-bond acceptors (Lipinski definition) is 5. The van der Waals surface area contributed by atoms with E-state index in [-0.39, 0.29) is 23.5 Å². The van der Waals surface area contributed by atoms with Gasteiger partial charge in [-0.15, -0.1) is 0 Å². The van der Waals surface area contributed by atoms with Crippen LogP contribution in [-0.4, -0.2) is 52.2 Å². The number of carbonyl (C=O) groups is 1. The molecule has 1 aromatic rings. The summed E-state index contributed by atoms with van der Waals surface area (Å²) in [6.45, 7) is 6.76. The quantitative estimate of drug-likeness (QED) is 0.754. The first-order valence-corrected chi connectivity index (χ1v) is 9.19. The Morgan fingerprint density at radius 3 is 2.72 bits per heavy atom. The number of likely N-dealkylation sites (tertiary alicyclic amines) is 1. The van der Waals surface area contributed by atoms with Gasteiger partial charge in [0.25, 0.3) is 0 Å². The Balaban J connectivity index is 2.04. The maximum atomic E-state index is 12.7. The molecule has 136 valence electrons. The monoisotopic (exact) mass is 345 g/mol. The fraction of sp³-hybridized carbons (Fsp3) is 0.650. The van der Waals surface area contributed by atoms with Crippen LogP contribution < -0.4 is 4.74 Å². The number of fused-ring (bicyclic) bond motifs is 1. The molecule has 2 N–H and O–H groups in total. The molecular weight excluding hydrogens is 318 g/mol. The number of carbonyl (C=O) groups excluding carboxylic acids is 1. The number of nitrogens with zero attached hydrogens (tertiary/aromatic N) is 1. The lowest BCUT2D eigenvalue weighted by molar-refractivity contribution is -0.152. The molecule has 1 spiro atoms. The third-order valence-corrected chi connectivity index (χ3v) is 7.22. The Labute approximate surface area is 148 Å². The van der Waals surface area contributed by atoms with Crippen molar-refractivity contribution >= 4 is 5.78 Å². The van der Waals surface area contributed by atoms with Gasteiger partial charge < -0.3 is 19.8 Å². The van der Waals surface area contributed by atoms with E-state index in [9.17, 15) is 15.0 Å². The van der Waals surface area contributed by atoms with Crippen LogP contribution in [0.2, 0.25) is 0 Å². The van der Waals surface area contributed by atoms with Gasteiger partial charge in [0.1, 0.15) is 11.9 Å². The summed E-state index contributed by atoms with van der Waals surface area (Å²) < 4.78 is 6.24. The molecule has 25 heavy (non-hydrogen) atoms. The van der Waals surface area contributed by atoms with Crippen molar-refractivity contribution in [1.29, 1.82) is 0 Å². The number of phenolic OH excluding ortho intramolecular Hbond substituents is 1. The molecule has 0 amide bonds. The second kappa shape index (κ2) is 5.21. The highest BCUT2D eigenvalue weighted by Gasteiger charge is 2.68. The molecule has 0 unspecified atom stereocenters. The predicted molar refractivity (Wildman–Crippen MR) is 94.0 cm³/mol. The van der Waals surface area contributed by atoms with Crippen molar-refractivity contribution in [1.82, 2.24) is 4.90 Å². The van der Waals surface area contributed by atoms with Crippen LogP contribution in [0.3, 0.4) is 0 Å². The van der Waals surface area contributed by atoms with Gasteiger partial charge in [-0.05, 0) is 51.9 Å². The van der Waals surface area contributed by atoms with Crippen molar-refractivity contribution < 1.29 is 19.7 Å². The molecule has 1 aliphatic carbocycles. The third kappa shape index (κ3) is 1.88. The zero-order valence-corrected chi connectivity index (χ0v) is 15.4. The smallest absolute Gasteiger partial charge is 0.165 e. The molecule has 2 aliphatic heterocycles. The minimum Gasteiger partial charge on any atom is -0.504 e. The maximum absolute atomic E-state index is 12.7. The molecule has 0 radical (unpaired) electrons. The van der Waals surface area contributed by atoms with Crippen LogP contribution in [0.1, 0.15) is 44.2 Å². The second-order valence-electron chi connectivity index (χ2n) is 8.20. The average molecular weight is 345 g/mol. The predicted octanol–water partition coefficient (Wildman–Crippen LogP) is 2.15. The molecule has 5 heteroatoms. The van der Waals surface area contributed by atoms with Gasteiger partial charge in [0.2, 0.25) is 0 Å². The summed E-state index contributed by atoms with van der Waals surface area (Å²) in [4.78, 5) is 14.8. The number of rotatable bonds is 0. The minimum atomic E-state index is -1.07. The first-order chi connectivity index (χ1) is 11.7. The lowest BCUT2D eigenvalue weighted by Crippen LogP contribution is -2.70. The first kappa shape index (κ1) is 16.9. The zero-order valence-electron chi connectivity index (χ0n) is 15.4. The second-order valence-corrected chi connectivity index (χ2v) is 8.20. The van der Waals surface area contributed by atoms with Gasteiger partial charge in [0, 0.05) is 18.0 Å². The largest absolute Gasteiger partial charge is 0.504 e. The van der Waals surface area contributed by atoms with E-state index in [4.69, 9.17) is 4.74 Å². The molecule has 0 bridgehead atoms. The molecule has 3 aliphatic rings. The Hall–Kier alpha value is -1.59. The number of hydrogen-bond donors (Lipinski definition) is 2. The molecule has 4 rings (SSSR count). The summed E-state index contributed by atoms with van der Waals surface area (Å²) in [7, 11) is 2.02. The van der Waals surface area contributed by atoms with Crippen molar-refractivity contribution in [2.45, 2.75) is 63.2 Å². The highest BCUT2D eigenvalue weighted by molar-refractivity contribution is 5.83. The first-order valence-electron chi connectivity index (χ1n) is 9.19. The van der Waals surface area contributed by atoms with Crippen LogP contribution in [-0.2, 0) is 10.2 Å². The summed E-state index contributed by atoms with van der Waals surface area (Å²) >= 11 is 0. The van der Waals surface area contributed by atoms with Gasteiger partial charge in [-0.1, -0.05) is 13.0 Å². The molecule has 5 nitrogen and oxygen atoms in total. The van der Waals surface area contributed by atoms with E-state index < -0.39 is 17.1 Å². The van der Waals surface area contributed by atoms with Crippen molar-refractivity contribution in [2.75, 3.05) is 13.6 Å². The number of aliphatic hydroxyl groups is 1. The Bertz CT molecular complexity index is 747. The van der Waals surface area contributed by atoms with Crippen LogP contribution in [0.5, 0.6) is 11.5 Å². The van der Waals surface area contributed by atoms with E-state index in [1.807, 2.05) is 33.9 Å². The fourth-order valence-electron chi connectivity index (χ4n) is 5.61. The van der Waals surface area contributed by atoms with Gasteiger partial charge in [-0.3, -0.25) is 4.79 Å². The summed E-state index contributed by atoms with van der Waals surface area (Å²) in [5.41, 5.74) is 0.172. The van der Waals surface area contributed by atoms with Crippen LogP contribution in [0.4, 0.5) is 0 Å². The highest BCUT2D eigenvalue weighted by Crippen LogP contribution is 2.62. The van der Waals surface area contributed by atoms with Gasteiger partial charge in [0.05, 0.1) is 16.9 Å².